The second-order valence-electron chi connectivity index (χ2n) is 9.42. The lowest BCUT2D eigenvalue weighted by Crippen LogP contribution is -2.67. The fraction of sp³-hybridized carbons (Fsp3) is 0.480. The van der Waals surface area contributed by atoms with Crippen molar-refractivity contribution in [2.75, 3.05) is 6.61 Å². The Hall–Kier alpha value is -1.40. The van der Waals surface area contributed by atoms with Crippen molar-refractivity contribution < 1.29 is 14.0 Å². The molecular formula is C25H32O3SSi. The fourth-order valence-corrected chi connectivity index (χ4v) is 10.7. The predicted molar refractivity (Wildman–Crippen MR) is 127 cm³/mol. The molecule has 2 aromatic carbocycles. The first-order valence-electron chi connectivity index (χ1n) is 11.0. The van der Waals surface area contributed by atoms with Gasteiger partial charge >= 0.3 is 0 Å². The summed E-state index contributed by atoms with van der Waals surface area (Å²) in [6.45, 7) is 7.52. The lowest BCUT2D eigenvalue weighted by molar-refractivity contribution is -0.110. The number of thioether (sulfide) groups is 1. The molecule has 0 unspecified atom stereocenters. The van der Waals surface area contributed by atoms with E-state index in [4.69, 9.17) is 9.16 Å². The van der Waals surface area contributed by atoms with Gasteiger partial charge in [0, 0.05) is 11.7 Å². The van der Waals surface area contributed by atoms with E-state index in [0.717, 1.165) is 19.3 Å². The quantitative estimate of drug-likeness (QED) is 0.618. The van der Waals surface area contributed by atoms with Gasteiger partial charge in [0.25, 0.3) is 8.32 Å². The van der Waals surface area contributed by atoms with Crippen LogP contribution in [0.4, 0.5) is 0 Å². The molecule has 2 aliphatic heterocycles. The molecule has 5 heteroatoms. The maximum Gasteiger partial charge on any atom is 0.261 e. The highest BCUT2D eigenvalue weighted by molar-refractivity contribution is 8.14. The Labute approximate surface area is 185 Å². The van der Waals surface area contributed by atoms with Gasteiger partial charge in [0.15, 0.2) is 5.12 Å². The summed E-state index contributed by atoms with van der Waals surface area (Å²) in [5, 5.41) is 3.22. The Balaban J connectivity index is 1.57. The van der Waals surface area contributed by atoms with Crippen molar-refractivity contribution in [1.82, 2.24) is 0 Å². The molecule has 4 rings (SSSR count). The molecular weight excluding hydrogens is 408 g/mol. The molecule has 0 amide bonds. The Bertz CT molecular complexity index is 810. The molecule has 0 radical (unpaired) electrons. The van der Waals surface area contributed by atoms with Crippen molar-refractivity contribution in [2.24, 2.45) is 0 Å². The smallest absolute Gasteiger partial charge is 0.261 e. The van der Waals surface area contributed by atoms with Crippen molar-refractivity contribution in [3.63, 3.8) is 0 Å². The number of carbonyl (C=O) groups excluding carboxylic acids is 1. The van der Waals surface area contributed by atoms with Crippen LogP contribution in [0.3, 0.4) is 0 Å². The normalized spacial score (nSPS) is 25.0. The topological polar surface area (TPSA) is 35.5 Å². The Kier molecular flexibility index (Phi) is 6.54. The van der Waals surface area contributed by atoms with Crippen molar-refractivity contribution in [3.05, 3.63) is 60.7 Å². The van der Waals surface area contributed by atoms with Crippen LogP contribution in [0.15, 0.2) is 60.7 Å². The van der Waals surface area contributed by atoms with Crippen molar-refractivity contribution in [2.45, 2.75) is 69.0 Å². The van der Waals surface area contributed by atoms with Crippen LogP contribution in [-0.4, -0.2) is 37.5 Å². The molecule has 2 saturated heterocycles. The maximum absolute atomic E-state index is 11.7. The summed E-state index contributed by atoms with van der Waals surface area (Å²) < 4.78 is 13.4. The summed E-state index contributed by atoms with van der Waals surface area (Å²) in [4.78, 5) is 11.7. The highest BCUT2D eigenvalue weighted by atomic mass is 32.2. The van der Waals surface area contributed by atoms with Gasteiger partial charge in [0.05, 0.1) is 18.8 Å². The maximum atomic E-state index is 11.7. The molecule has 3 atom stereocenters. The minimum atomic E-state index is -2.52. The van der Waals surface area contributed by atoms with Crippen LogP contribution in [0.2, 0.25) is 5.04 Å². The highest BCUT2D eigenvalue weighted by Gasteiger charge is 2.50. The zero-order valence-electron chi connectivity index (χ0n) is 18.2. The van der Waals surface area contributed by atoms with Crippen LogP contribution in [0, 0.1) is 0 Å². The lowest BCUT2D eigenvalue weighted by Gasteiger charge is -2.43. The first-order valence-corrected chi connectivity index (χ1v) is 13.8. The third-order valence-electron chi connectivity index (χ3n) is 6.37. The van der Waals surface area contributed by atoms with Gasteiger partial charge in [-0.05, 0) is 34.7 Å². The third kappa shape index (κ3) is 4.31. The molecule has 160 valence electrons. The second-order valence-corrected chi connectivity index (χ2v) is 15.0. The van der Waals surface area contributed by atoms with Crippen LogP contribution in [0.1, 0.15) is 46.5 Å². The van der Waals surface area contributed by atoms with Gasteiger partial charge in [0.1, 0.15) is 0 Å². The molecule has 0 aromatic heterocycles. The lowest BCUT2D eigenvalue weighted by atomic mass is 10.1. The number of hydrogen-bond acceptors (Lipinski definition) is 4. The number of benzene rings is 2. The van der Waals surface area contributed by atoms with E-state index in [-0.39, 0.29) is 17.2 Å². The molecule has 2 fully saturated rings. The second kappa shape index (κ2) is 8.99. The van der Waals surface area contributed by atoms with Crippen molar-refractivity contribution >= 4 is 35.6 Å². The van der Waals surface area contributed by atoms with E-state index in [9.17, 15) is 4.79 Å². The molecule has 0 spiro atoms. The van der Waals surface area contributed by atoms with E-state index in [1.165, 1.54) is 22.1 Å². The number of carbonyl (C=O) groups is 1. The van der Waals surface area contributed by atoms with E-state index < -0.39 is 8.32 Å². The van der Waals surface area contributed by atoms with Crippen LogP contribution in [0.5, 0.6) is 0 Å². The summed E-state index contributed by atoms with van der Waals surface area (Å²) in [7, 11) is -2.52. The van der Waals surface area contributed by atoms with Gasteiger partial charge in [-0.1, -0.05) is 93.2 Å². The molecule has 3 nitrogen and oxygen atoms in total. The predicted octanol–water partition coefficient (Wildman–Crippen LogP) is 4.53. The van der Waals surface area contributed by atoms with E-state index in [1.54, 1.807) is 0 Å². The zero-order valence-corrected chi connectivity index (χ0v) is 20.0. The third-order valence-corrected chi connectivity index (χ3v) is 12.7. The standard InChI is InChI=1S/C25H32O3SSi/c1-25(2,3)30(20-10-6-4-7-11-20,21-12-8-5-9-13-21)27-18-19-14-15-22(28-19)23-16-17-24(26)29-23/h4-13,19,22-23H,14-18H2,1-3H3/t19-,22-,23+/m1/s1. The average Bonchev–Trinajstić information content (AvgIpc) is 3.38. The van der Waals surface area contributed by atoms with Crippen LogP contribution in [-0.2, 0) is 14.0 Å². The number of ether oxygens (including phenoxy) is 1. The van der Waals surface area contributed by atoms with Gasteiger partial charge in [-0.15, -0.1) is 0 Å². The van der Waals surface area contributed by atoms with Crippen molar-refractivity contribution in [3.8, 4) is 0 Å². The largest absolute Gasteiger partial charge is 0.405 e. The van der Waals surface area contributed by atoms with Gasteiger partial charge in [0.2, 0.25) is 0 Å². The average molecular weight is 441 g/mol. The zero-order chi connectivity index (χ0) is 21.2. The van der Waals surface area contributed by atoms with Gasteiger partial charge in [-0.25, -0.2) is 0 Å². The SMILES string of the molecule is CC(C)(C)[Si](OC[C@H]1CC[C@H]([C@@H]2CCC(=O)S2)O1)(c1ccccc1)c1ccccc1. The highest BCUT2D eigenvalue weighted by Crippen LogP contribution is 2.39. The molecule has 30 heavy (non-hydrogen) atoms. The van der Waals surface area contributed by atoms with Gasteiger partial charge in [-0.3, -0.25) is 4.79 Å². The van der Waals surface area contributed by atoms with Crippen LogP contribution >= 0.6 is 11.8 Å². The Morgan fingerprint density at radius 3 is 2.07 bits per heavy atom. The summed E-state index contributed by atoms with van der Waals surface area (Å²) in [6.07, 6.45) is 3.98. The van der Waals surface area contributed by atoms with Gasteiger partial charge in [-0.2, -0.15) is 0 Å². The summed E-state index contributed by atoms with van der Waals surface area (Å²) in [5.74, 6) is 0. The number of rotatable bonds is 6. The summed E-state index contributed by atoms with van der Waals surface area (Å²) in [6, 6.07) is 21.5. The summed E-state index contributed by atoms with van der Waals surface area (Å²) in [5.41, 5.74) is 0. The monoisotopic (exact) mass is 440 g/mol. The van der Waals surface area contributed by atoms with Crippen molar-refractivity contribution in [1.29, 1.82) is 0 Å². The fourth-order valence-electron chi connectivity index (χ4n) is 4.92. The Morgan fingerprint density at radius 1 is 0.967 bits per heavy atom. The first kappa shape index (κ1) is 21.8. The number of hydrogen-bond donors (Lipinski definition) is 0. The Morgan fingerprint density at radius 2 is 1.57 bits per heavy atom. The van der Waals surface area contributed by atoms with Gasteiger partial charge < -0.3 is 9.16 Å². The molecule has 2 heterocycles. The molecule has 0 aliphatic carbocycles. The summed E-state index contributed by atoms with van der Waals surface area (Å²) >= 11 is 1.49. The van der Waals surface area contributed by atoms with E-state index in [2.05, 4.69) is 81.4 Å². The minimum Gasteiger partial charge on any atom is -0.405 e. The van der Waals surface area contributed by atoms with E-state index in [0.29, 0.717) is 23.4 Å². The first-order chi connectivity index (χ1) is 14.4. The molecule has 2 aliphatic rings. The minimum absolute atomic E-state index is 0.0264. The van der Waals surface area contributed by atoms with Crippen LogP contribution in [0.25, 0.3) is 0 Å². The molecule has 2 aromatic rings. The molecule has 0 N–H and O–H groups in total. The van der Waals surface area contributed by atoms with E-state index in [1.807, 2.05) is 0 Å². The van der Waals surface area contributed by atoms with Crippen LogP contribution < -0.4 is 10.4 Å². The molecule has 0 saturated carbocycles. The van der Waals surface area contributed by atoms with E-state index >= 15 is 0 Å². The molecule has 0 bridgehead atoms.